The van der Waals surface area contributed by atoms with Gasteiger partial charge < -0.3 is 19.0 Å². The number of aromatic carboxylic acids is 1. The second-order valence-corrected chi connectivity index (χ2v) is 3.67. The zero-order chi connectivity index (χ0) is 12.5. The number of hydrogen-bond acceptors (Lipinski definition) is 5. The molecule has 0 fully saturated rings. The first-order valence-electron chi connectivity index (χ1n) is 5.33. The smallest absolute Gasteiger partial charge is 0.357 e. The Kier molecular flexibility index (Phi) is 2.40. The van der Waals surface area contributed by atoms with Gasteiger partial charge in [-0.15, -0.1) is 0 Å². The van der Waals surface area contributed by atoms with E-state index < -0.39 is 5.97 Å². The van der Waals surface area contributed by atoms with Gasteiger partial charge in [0.15, 0.2) is 17.2 Å². The lowest BCUT2D eigenvalue weighted by Crippen LogP contribution is -2.15. The Bertz CT molecular complexity index is 604. The molecule has 2 aromatic rings. The summed E-state index contributed by atoms with van der Waals surface area (Å²) in [7, 11) is 0. The summed E-state index contributed by atoms with van der Waals surface area (Å²) < 4.78 is 16.1. The van der Waals surface area contributed by atoms with Crippen LogP contribution in [0.4, 0.5) is 0 Å². The Balaban J connectivity index is 2.08. The molecule has 18 heavy (non-hydrogen) atoms. The highest BCUT2D eigenvalue weighted by molar-refractivity contribution is 5.85. The highest BCUT2D eigenvalue weighted by atomic mass is 16.6. The first-order chi connectivity index (χ1) is 8.75. The number of carboxylic acids is 1. The molecule has 1 aromatic heterocycles. The van der Waals surface area contributed by atoms with Crippen LogP contribution < -0.4 is 9.47 Å². The van der Waals surface area contributed by atoms with Crippen LogP contribution in [0.2, 0.25) is 0 Å². The molecule has 92 valence electrons. The third-order valence-corrected chi connectivity index (χ3v) is 2.52. The van der Waals surface area contributed by atoms with Crippen molar-refractivity contribution in [3.8, 4) is 23.0 Å². The van der Waals surface area contributed by atoms with Gasteiger partial charge in [-0.2, -0.15) is 0 Å². The van der Waals surface area contributed by atoms with Crippen molar-refractivity contribution in [1.82, 2.24) is 4.98 Å². The van der Waals surface area contributed by atoms with Crippen LogP contribution >= 0.6 is 0 Å². The molecule has 0 atom stereocenters. The van der Waals surface area contributed by atoms with E-state index in [0.29, 0.717) is 30.3 Å². The molecular formula is C12H9NO5. The molecule has 0 spiro atoms. The maximum Gasteiger partial charge on any atom is 0.357 e. The van der Waals surface area contributed by atoms with Gasteiger partial charge in [0.05, 0.1) is 5.56 Å². The second-order valence-electron chi connectivity index (χ2n) is 3.67. The molecule has 0 radical (unpaired) electrons. The van der Waals surface area contributed by atoms with Crippen molar-refractivity contribution in [2.24, 2.45) is 0 Å². The second kappa shape index (κ2) is 4.06. The highest BCUT2D eigenvalue weighted by Crippen LogP contribution is 2.39. The van der Waals surface area contributed by atoms with Gasteiger partial charge in [-0.25, -0.2) is 9.78 Å². The van der Waals surface area contributed by atoms with Crippen molar-refractivity contribution in [3.63, 3.8) is 0 Å². The lowest BCUT2D eigenvalue weighted by Gasteiger charge is -2.19. The van der Waals surface area contributed by atoms with Crippen LogP contribution in [-0.2, 0) is 0 Å². The fourth-order valence-corrected chi connectivity index (χ4v) is 1.74. The van der Waals surface area contributed by atoms with E-state index in [0.717, 1.165) is 6.26 Å². The van der Waals surface area contributed by atoms with E-state index in [2.05, 4.69) is 4.98 Å². The summed E-state index contributed by atoms with van der Waals surface area (Å²) in [5.41, 5.74) is 0.444. The molecule has 0 aliphatic carbocycles. The summed E-state index contributed by atoms with van der Waals surface area (Å²) in [4.78, 5) is 14.6. The fraction of sp³-hybridized carbons (Fsp3) is 0.167. The average molecular weight is 247 g/mol. The number of aromatic nitrogens is 1. The van der Waals surface area contributed by atoms with E-state index in [4.69, 9.17) is 19.0 Å². The Morgan fingerprint density at radius 1 is 1.28 bits per heavy atom. The van der Waals surface area contributed by atoms with Crippen molar-refractivity contribution >= 4 is 5.97 Å². The van der Waals surface area contributed by atoms with Crippen molar-refractivity contribution < 1.29 is 23.8 Å². The van der Waals surface area contributed by atoms with E-state index in [1.54, 1.807) is 18.2 Å². The third kappa shape index (κ3) is 1.67. The average Bonchev–Trinajstić information content (AvgIpc) is 2.87. The quantitative estimate of drug-likeness (QED) is 0.871. The fourth-order valence-electron chi connectivity index (χ4n) is 1.74. The number of para-hydroxylation sites is 1. The lowest BCUT2D eigenvalue weighted by atomic mass is 10.1. The van der Waals surface area contributed by atoms with Gasteiger partial charge in [-0.3, -0.25) is 0 Å². The summed E-state index contributed by atoms with van der Waals surface area (Å²) in [6.07, 6.45) is 1.10. The maximum atomic E-state index is 10.8. The zero-order valence-corrected chi connectivity index (χ0v) is 9.25. The maximum absolute atomic E-state index is 10.8. The minimum absolute atomic E-state index is 0.140. The van der Waals surface area contributed by atoms with E-state index in [1.165, 1.54) is 0 Å². The zero-order valence-electron chi connectivity index (χ0n) is 9.25. The number of hydrogen-bond donors (Lipinski definition) is 1. The van der Waals surface area contributed by atoms with E-state index in [-0.39, 0.29) is 11.6 Å². The van der Waals surface area contributed by atoms with Gasteiger partial charge >= 0.3 is 5.97 Å². The molecule has 0 saturated carbocycles. The number of ether oxygens (including phenoxy) is 2. The van der Waals surface area contributed by atoms with E-state index in [9.17, 15) is 4.79 Å². The molecule has 6 heteroatoms. The minimum atomic E-state index is -1.13. The predicted octanol–water partition coefficient (Wildman–Crippen LogP) is 1.81. The van der Waals surface area contributed by atoms with Crippen molar-refractivity contribution in [2.45, 2.75) is 0 Å². The normalized spacial score (nSPS) is 13.3. The van der Waals surface area contributed by atoms with Gasteiger partial charge in [-0.1, -0.05) is 6.07 Å². The van der Waals surface area contributed by atoms with Crippen molar-refractivity contribution in [2.75, 3.05) is 13.2 Å². The number of oxazole rings is 1. The molecular weight excluding hydrogens is 238 g/mol. The third-order valence-electron chi connectivity index (χ3n) is 2.52. The highest BCUT2D eigenvalue weighted by Gasteiger charge is 2.21. The number of benzene rings is 1. The Labute approximate surface area is 102 Å². The molecule has 0 unspecified atom stereocenters. The first kappa shape index (κ1) is 10.6. The molecule has 1 aromatic carbocycles. The molecule has 0 amide bonds. The van der Waals surface area contributed by atoms with Gasteiger partial charge in [-0.05, 0) is 12.1 Å². The lowest BCUT2D eigenvalue weighted by molar-refractivity contribution is 0.0690. The molecule has 0 bridgehead atoms. The number of rotatable bonds is 2. The first-order valence-corrected chi connectivity index (χ1v) is 5.33. The number of carbonyl (C=O) groups is 1. The van der Waals surface area contributed by atoms with Crippen LogP contribution in [0.5, 0.6) is 11.5 Å². The van der Waals surface area contributed by atoms with Crippen molar-refractivity contribution in [1.29, 1.82) is 0 Å². The molecule has 3 rings (SSSR count). The standard InChI is InChI=1S/C12H9NO5/c14-12(15)8-6-18-11(13-8)7-2-1-3-9-10(7)17-5-4-16-9/h1-3,6H,4-5H2,(H,14,15). The Morgan fingerprint density at radius 2 is 2.11 bits per heavy atom. The molecule has 6 nitrogen and oxygen atoms in total. The molecule has 1 aliphatic rings. The number of nitrogens with zero attached hydrogens (tertiary/aromatic N) is 1. The van der Waals surface area contributed by atoms with E-state index in [1.807, 2.05) is 0 Å². The van der Waals surface area contributed by atoms with Crippen LogP contribution in [0.3, 0.4) is 0 Å². The molecule has 1 N–H and O–H groups in total. The van der Waals surface area contributed by atoms with Gasteiger partial charge in [0.1, 0.15) is 19.5 Å². The van der Waals surface area contributed by atoms with Gasteiger partial charge in [0, 0.05) is 0 Å². The van der Waals surface area contributed by atoms with Gasteiger partial charge in [0.2, 0.25) is 5.89 Å². The summed E-state index contributed by atoms with van der Waals surface area (Å²) in [6, 6.07) is 5.29. The van der Waals surface area contributed by atoms with E-state index >= 15 is 0 Å². The number of carboxylic acid groups (broad SMARTS) is 1. The van der Waals surface area contributed by atoms with Gasteiger partial charge in [0.25, 0.3) is 0 Å². The summed E-state index contributed by atoms with van der Waals surface area (Å²) >= 11 is 0. The van der Waals surface area contributed by atoms with Crippen LogP contribution in [0.1, 0.15) is 10.5 Å². The van der Waals surface area contributed by atoms with Crippen LogP contribution in [0, 0.1) is 0 Å². The SMILES string of the molecule is O=C(O)c1coc(-c2cccc3c2OCCO3)n1. The van der Waals surface area contributed by atoms with Crippen LogP contribution in [-0.4, -0.2) is 29.3 Å². The topological polar surface area (TPSA) is 81.8 Å². The summed E-state index contributed by atoms with van der Waals surface area (Å²) in [6.45, 7) is 0.929. The predicted molar refractivity (Wildman–Crippen MR) is 59.9 cm³/mol. The molecule has 2 heterocycles. The Hall–Kier alpha value is -2.50. The number of fused-ring (bicyclic) bond motifs is 1. The monoisotopic (exact) mass is 247 g/mol. The molecule has 0 saturated heterocycles. The van der Waals surface area contributed by atoms with Crippen LogP contribution in [0.25, 0.3) is 11.5 Å². The summed E-state index contributed by atoms with van der Waals surface area (Å²) in [5.74, 6) is 0.207. The van der Waals surface area contributed by atoms with Crippen molar-refractivity contribution in [3.05, 3.63) is 30.2 Å². The summed E-state index contributed by atoms with van der Waals surface area (Å²) in [5, 5.41) is 8.81. The Morgan fingerprint density at radius 3 is 2.89 bits per heavy atom. The minimum Gasteiger partial charge on any atom is -0.486 e. The largest absolute Gasteiger partial charge is 0.486 e. The molecule has 1 aliphatic heterocycles. The van der Waals surface area contributed by atoms with Crippen LogP contribution in [0.15, 0.2) is 28.9 Å².